The lowest BCUT2D eigenvalue weighted by Crippen LogP contribution is -2.37. The van der Waals surface area contributed by atoms with Crippen molar-refractivity contribution in [2.24, 2.45) is 5.73 Å². The summed E-state index contributed by atoms with van der Waals surface area (Å²) in [6.07, 6.45) is -2.19. The number of ether oxygens (including phenoxy) is 3. The van der Waals surface area contributed by atoms with Gasteiger partial charge in [-0.15, -0.1) is 0 Å². The van der Waals surface area contributed by atoms with Crippen molar-refractivity contribution in [1.82, 2.24) is 4.98 Å². The molecular formula is C23H20F2N2O6. The molecule has 0 aliphatic heterocycles. The maximum atomic E-state index is 14.3. The van der Waals surface area contributed by atoms with E-state index in [1.165, 1.54) is 13.0 Å². The zero-order chi connectivity index (χ0) is 24.0. The second kappa shape index (κ2) is 10.5. The largest absolute Gasteiger partial charge is 0.478 e. The minimum absolute atomic E-state index is 0.121. The lowest BCUT2D eigenvalue weighted by Gasteiger charge is -2.15. The Labute approximate surface area is 187 Å². The molecule has 1 atom stereocenters. The summed E-state index contributed by atoms with van der Waals surface area (Å²) in [5.41, 5.74) is 8.19. The van der Waals surface area contributed by atoms with E-state index >= 15 is 0 Å². The molecule has 0 radical (unpaired) electrons. The second-order valence-corrected chi connectivity index (χ2v) is 6.68. The van der Waals surface area contributed by atoms with Gasteiger partial charge in [0.05, 0.1) is 6.61 Å². The number of aliphatic carboxylic acids is 1. The molecule has 0 saturated carbocycles. The van der Waals surface area contributed by atoms with Gasteiger partial charge >= 0.3 is 11.9 Å². The first-order chi connectivity index (χ1) is 15.8. The minimum atomic E-state index is -2.19. The van der Waals surface area contributed by atoms with Crippen LogP contribution in [-0.2, 0) is 20.9 Å². The Morgan fingerprint density at radius 2 is 1.70 bits per heavy atom. The maximum Gasteiger partial charge on any atom is 0.359 e. The molecule has 2 aromatic carbocycles. The van der Waals surface area contributed by atoms with Crippen molar-refractivity contribution in [3.8, 4) is 28.6 Å². The molecule has 1 aromatic heterocycles. The Morgan fingerprint density at radius 3 is 2.36 bits per heavy atom. The third-order valence-corrected chi connectivity index (χ3v) is 4.36. The average Bonchev–Trinajstić information content (AvgIpc) is 2.80. The molecule has 0 fully saturated rings. The summed E-state index contributed by atoms with van der Waals surface area (Å²) in [4.78, 5) is 26.7. The fraction of sp³-hybridized carbons (Fsp3) is 0.174. The van der Waals surface area contributed by atoms with Crippen LogP contribution in [-0.4, -0.2) is 34.7 Å². The van der Waals surface area contributed by atoms with E-state index in [-0.39, 0.29) is 12.4 Å². The number of pyridine rings is 1. The Hall–Kier alpha value is -4.05. The fourth-order valence-electron chi connectivity index (χ4n) is 2.85. The van der Waals surface area contributed by atoms with E-state index in [2.05, 4.69) is 9.72 Å². The van der Waals surface area contributed by atoms with Gasteiger partial charge in [0.15, 0.2) is 11.6 Å². The molecular weight excluding hydrogens is 438 g/mol. The van der Waals surface area contributed by atoms with Gasteiger partial charge in [0.2, 0.25) is 0 Å². The van der Waals surface area contributed by atoms with Crippen LogP contribution in [0.2, 0.25) is 0 Å². The van der Waals surface area contributed by atoms with Crippen molar-refractivity contribution in [3.63, 3.8) is 0 Å². The van der Waals surface area contributed by atoms with Crippen molar-refractivity contribution in [3.05, 3.63) is 71.8 Å². The van der Waals surface area contributed by atoms with Gasteiger partial charge in [-0.25, -0.2) is 18.4 Å². The molecule has 0 aliphatic carbocycles. The van der Waals surface area contributed by atoms with E-state index in [4.69, 9.17) is 20.3 Å². The smallest absolute Gasteiger partial charge is 0.359 e. The van der Waals surface area contributed by atoms with Crippen molar-refractivity contribution < 1.29 is 37.7 Å². The van der Waals surface area contributed by atoms with Gasteiger partial charge in [-0.2, -0.15) is 4.98 Å². The molecule has 0 aliphatic rings. The third-order valence-electron chi connectivity index (χ3n) is 4.36. The van der Waals surface area contributed by atoms with Crippen molar-refractivity contribution >= 4 is 11.9 Å². The van der Waals surface area contributed by atoms with Gasteiger partial charge in [-0.3, -0.25) is 0 Å². The number of halogens is 2. The number of rotatable bonds is 9. The second-order valence-electron chi connectivity index (χ2n) is 6.68. The van der Waals surface area contributed by atoms with Crippen LogP contribution < -0.4 is 15.2 Å². The summed E-state index contributed by atoms with van der Waals surface area (Å²) in [6.45, 7) is 1.70. The number of hydrogen-bond donors (Lipinski definition) is 2. The predicted molar refractivity (Wildman–Crippen MR) is 113 cm³/mol. The van der Waals surface area contributed by atoms with Crippen molar-refractivity contribution in [2.75, 3.05) is 6.61 Å². The topological polar surface area (TPSA) is 121 Å². The van der Waals surface area contributed by atoms with Gasteiger partial charge < -0.3 is 25.1 Å². The van der Waals surface area contributed by atoms with E-state index in [0.717, 1.165) is 16.7 Å². The lowest BCUT2D eigenvalue weighted by atomic mass is 10.0. The van der Waals surface area contributed by atoms with Crippen LogP contribution in [0.1, 0.15) is 12.5 Å². The Kier molecular flexibility index (Phi) is 7.52. The lowest BCUT2D eigenvalue weighted by molar-refractivity contribution is -0.163. The highest BCUT2D eigenvalue weighted by Crippen LogP contribution is 2.30. The van der Waals surface area contributed by atoms with Crippen LogP contribution in [0.4, 0.5) is 8.78 Å². The first-order valence-corrected chi connectivity index (χ1v) is 9.81. The molecule has 3 rings (SSSR count). The monoisotopic (exact) mass is 458 g/mol. The van der Waals surface area contributed by atoms with Crippen molar-refractivity contribution in [2.45, 2.75) is 19.6 Å². The Morgan fingerprint density at radius 1 is 1.03 bits per heavy atom. The van der Waals surface area contributed by atoms with Crippen LogP contribution >= 0.6 is 0 Å². The standard InChI is InChI=1S/C23H20F2N2O6/c1-2-31-23(30)19(22(28)29)33-21-18(25)11-17(24)20(27-21)32-16-8-4-7-15(10-16)14-6-3-5-13(9-14)12-26/h3-11,19H,2,12,26H2,1H3,(H,28,29). The number of nitrogens with two attached hydrogens (primary N) is 1. The van der Waals surface area contributed by atoms with Gasteiger partial charge in [-0.05, 0) is 41.8 Å². The Balaban J connectivity index is 1.88. The number of nitrogens with zero attached hydrogens (tertiary/aromatic N) is 1. The summed E-state index contributed by atoms with van der Waals surface area (Å²) in [5, 5.41) is 9.17. The molecule has 3 N–H and O–H groups in total. The quantitative estimate of drug-likeness (QED) is 0.368. The van der Waals surface area contributed by atoms with E-state index in [0.29, 0.717) is 12.6 Å². The molecule has 0 saturated heterocycles. The third kappa shape index (κ3) is 5.80. The molecule has 8 nitrogen and oxygen atoms in total. The first-order valence-electron chi connectivity index (χ1n) is 9.81. The number of carbonyl (C=O) groups excluding carboxylic acids is 1. The summed E-state index contributed by atoms with van der Waals surface area (Å²) in [5.74, 6) is -6.89. The van der Waals surface area contributed by atoms with E-state index in [1.54, 1.807) is 12.1 Å². The summed E-state index contributed by atoms with van der Waals surface area (Å²) in [6, 6.07) is 14.5. The van der Waals surface area contributed by atoms with Gasteiger partial charge in [-0.1, -0.05) is 30.3 Å². The van der Waals surface area contributed by atoms with E-state index in [9.17, 15) is 18.4 Å². The van der Waals surface area contributed by atoms with Gasteiger partial charge in [0, 0.05) is 12.6 Å². The highest BCUT2D eigenvalue weighted by atomic mass is 19.1. The SMILES string of the molecule is CCOC(=O)C(Oc1nc(Oc2cccc(-c3cccc(CN)c3)c2)c(F)cc1F)C(=O)O. The number of carbonyl (C=O) groups is 2. The zero-order valence-corrected chi connectivity index (χ0v) is 17.5. The van der Waals surface area contributed by atoms with Crippen LogP contribution in [0.25, 0.3) is 11.1 Å². The number of benzene rings is 2. The Bertz CT molecular complexity index is 1170. The average molecular weight is 458 g/mol. The first kappa shape index (κ1) is 23.6. The van der Waals surface area contributed by atoms with Crippen LogP contribution in [0.15, 0.2) is 54.6 Å². The molecule has 3 aromatic rings. The summed E-state index contributed by atoms with van der Waals surface area (Å²) < 4.78 is 43.4. The summed E-state index contributed by atoms with van der Waals surface area (Å²) in [7, 11) is 0. The zero-order valence-electron chi connectivity index (χ0n) is 17.5. The molecule has 0 spiro atoms. The summed E-state index contributed by atoms with van der Waals surface area (Å²) >= 11 is 0. The van der Waals surface area contributed by atoms with Gasteiger partial charge in [0.25, 0.3) is 17.9 Å². The highest BCUT2D eigenvalue weighted by molar-refractivity contribution is 5.97. The minimum Gasteiger partial charge on any atom is -0.478 e. The number of carboxylic acids is 1. The van der Waals surface area contributed by atoms with Crippen LogP contribution in [0.3, 0.4) is 0 Å². The predicted octanol–water partition coefficient (Wildman–Crippen LogP) is 3.67. The van der Waals surface area contributed by atoms with E-state index < -0.39 is 41.4 Å². The van der Waals surface area contributed by atoms with Crippen LogP contribution in [0, 0.1) is 11.6 Å². The number of aromatic nitrogens is 1. The number of carboxylic acid groups (broad SMARTS) is 1. The fourth-order valence-corrected chi connectivity index (χ4v) is 2.85. The number of hydrogen-bond acceptors (Lipinski definition) is 7. The molecule has 0 bridgehead atoms. The van der Waals surface area contributed by atoms with Crippen LogP contribution in [0.5, 0.6) is 17.5 Å². The maximum absolute atomic E-state index is 14.3. The molecule has 0 amide bonds. The molecule has 1 heterocycles. The highest BCUT2D eigenvalue weighted by Gasteiger charge is 2.32. The molecule has 1 unspecified atom stereocenters. The normalized spacial score (nSPS) is 11.5. The molecule has 33 heavy (non-hydrogen) atoms. The molecule has 172 valence electrons. The van der Waals surface area contributed by atoms with Crippen molar-refractivity contribution in [1.29, 1.82) is 0 Å². The number of esters is 1. The van der Waals surface area contributed by atoms with Gasteiger partial charge in [0.1, 0.15) is 5.75 Å². The molecule has 10 heteroatoms. The van der Waals surface area contributed by atoms with E-state index in [1.807, 2.05) is 30.3 Å².